The van der Waals surface area contributed by atoms with Crippen molar-refractivity contribution in [2.45, 2.75) is 37.5 Å². The quantitative estimate of drug-likeness (QED) is 0.715. The number of primary amides is 1. The number of carbonyl (C=O) groups is 2. The van der Waals surface area contributed by atoms with Crippen LogP contribution in [0, 0.1) is 0 Å². The number of amides is 2. The highest BCUT2D eigenvalue weighted by Crippen LogP contribution is 2.45. The molecule has 152 valence electrons. The molecule has 4 rings (SSSR count). The second kappa shape index (κ2) is 7.88. The molecule has 2 aromatic rings. The molecule has 1 saturated carbocycles. The van der Waals surface area contributed by atoms with Crippen molar-refractivity contribution in [2.24, 2.45) is 5.73 Å². The Hall–Kier alpha value is -2.24. The Balaban J connectivity index is 1.52. The Morgan fingerprint density at radius 3 is 2.55 bits per heavy atom. The Bertz CT molecular complexity index is 973. The van der Waals surface area contributed by atoms with Gasteiger partial charge in [0.2, 0.25) is 11.8 Å². The fraction of sp³-hybridized carbons (Fsp3) is 0.364. The summed E-state index contributed by atoms with van der Waals surface area (Å²) < 4.78 is 0. The minimum absolute atomic E-state index is 0.0537. The van der Waals surface area contributed by atoms with E-state index in [4.69, 9.17) is 28.9 Å². The molecule has 3 N–H and O–H groups in total. The molecule has 2 aliphatic rings. The summed E-state index contributed by atoms with van der Waals surface area (Å²) in [6.07, 6.45) is 4.44. The summed E-state index contributed by atoms with van der Waals surface area (Å²) in [5.74, 6) is -0.577. The predicted octanol–water partition coefficient (Wildman–Crippen LogP) is 4.29. The van der Waals surface area contributed by atoms with Gasteiger partial charge in [0.15, 0.2) is 0 Å². The number of nitrogens with zero attached hydrogens (tertiary/aromatic N) is 1. The van der Waals surface area contributed by atoms with E-state index in [0.717, 1.165) is 36.3 Å². The van der Waals surface area contributed by atoms with E-state index < -0.39 is 5.91 Å². The third-order valence-electron chi connectivity index (χ3n) is 6.07. The maximum absolute atomic E-state index is 12.2. The van der Waals surface area contributed by atoms with Crippen LogP contribution in [0.3, 0.4) is 0 Å². The van der Waals surface area contributed by atoms with Gasteiger partial charge in [0.25, 0.3) is 0 Å². The van der Waals surface area contributed by atoms with Crippen LogP contribution in [0.25, 0.3) is 0 Å². The van der Waals surface area contributed by atoms with Crippen molar-refractivity contribution in [3.63, 3.8) is 0 Å². The third-order valence-corrected chi connectivity index (χ3v) is 6.81. The van der Waals surface area contributed by atoms with E-state index in [0.29, 0.717) is 22.9 Å². The van der Waals surface area contributed by atoms with Crippen LogP contribution < -0.4 is 16.0 Å². The number of halogens is 2. The molecule has 0 atom stereocenters. The zero-order valence-electron chi connectivity index (χ0n) is 16.0. The van der Waals surface area contributed by atoms with Gasteiger partial charge in [0.05, 0.1) is 10.0 Å². The van der Waals surface area contributed by atoms with E-state index in [2.05, 4.69) is 17.4 Å². The maximum Gasteiger partial charge on any atom is 0.237 e. The number of anilines is 2. The zero-order valence-corrected chi connectivity index (χ0v) is 17.5. The van der Waals surface area contributed by atoms with Crippen LogP contribution >= 0.6 is 23.2 Å². The lowest BCUT2D eigenvalue weighted by Gasteiger charge is -2.43. The van der Waals surface area contributed by atoms with Crippen LogP contribution in [0.1, 0.15) is 36.8 Å². The molecule has 29 heavy (non-hydrogen) atoms. The monoisotopic (exact) mass is 431 g/mol. The molecule has 7 heteroatoms. The average Bonchev–Trinajstić information content (AvgIpc) is 2.65. The number of fused-ring (bicyclic) bond motifs is 1. The summed E-state index contributed by atoms with van der Waals surface area (Å²) in [5.41, 5.74) is 9.39. The summed E-state index contributed by atoms with van der Waals surface area (Å²) in [5, 5.41) is 4.72. The van der Waals surface area contributed by atoms with Crippen molar-refractivity contribution in [1.82, 2.24) is 0 Å². The molecule has 2 aromatic carbocycles. The summed E-state index contributed by atoms with van der Waals surface area (Å²) in [4.78, 5) is 25.0. The van der Waals surface area contributed by atoms with Crippen molar-refractivity contribution in [3.8, 4) is 0 Å². The van der Waals surface area contributed by atoms with Gasteiger partial charge in [0, 0.05) is 29.8 Å². The van der Waals surface area contributed by atoms with Crippen molar-refractivity contribution < 1.29 is 9.59 Å². The average molecular weight is 432 g/mol. The van der Waals surface area contributed by atoms with Gasteiger partial charge < -0.3 is 16.0 Å². The molecule has 0 spiro atoms. The highest BCUT2D eigenvalue weighted by atomic mass is 35.5. The number of rotatable bonds is 6. The van der Waals surface area contributed by atoms with Crippen molar-refractivity contribution in [1.29, 1.82) is 0 Å². The molecule has 0 bridgehead atoms. The molecule has 1 aliphatic carbocycles. The Labute approximate surface area is 180 Å². The topological polar surface area (TPSA) is 75.4 Å². The molecular formula is C22H23Cl2N3O2. The number of benzene rings is 2. The smallest absolute Gasteiger partial charge is 0.237 e. The lowest BCUT2D eigenvalue weighted by Crippen LogP contribution is -2.41. The van der Waals surface area contributed by atoms with Gasteiger partial charge in [-0.2, -0.15) is 0 Å². The Morgan fingerprint density at radius 1 is 1.10 bits per heavy atom. The predicted molar refractivity (Wildman–Crippen MR) is 117 cm³/mol. The highest BCUT2D eigenvalue weighted by Gasteiger charge is 2.38. The first kappa shape index (κ1) is 20.0. The summed E-state index contributed by atoms with van der Waals surface area (Å²) in [7, 11) is 0. The summed E-state index contributed by atoms with van der Waals surface area (Å²) >= 11 is 12.3. The maximum atomic E-state index is 12.2. The first-order valence-electron chi connectivity index (χ1n) is 9.79. The van der Waals surface area contributed by atoms with Gasteiger partial charge in [-0.1, -0.05) is 35.7 Å². The number of aryl methyl sites for hydroxylation is 1. The first-order valence-corrected chi connectivity index (χ1v) is 10.5. The minimum Gasteiger partial charge on any atom is -0.384 e. The molecule has 0 aromatic heterocycles. The van der Waals surface area contributed by atoms with Crippen LogP contribution in [0.15, 0.2) is 36.4 Å². The third kappa shape index (κ3) is 3.94. The van der Waals surface area contributed by atoms with Crippen LogP contribution in [0.2, 0.25) is 10.0 Å². The molecular weight excluding hydrogens is 409 g/mol. The van der Waals surface area contributed by atoms with Gasteiger partial charge in [-0.05, 0) is 60.7 Å². The van der Waals surface area contributed by atoms with Crippen LogP contribution in [0.4, 0.5) is 11.4 Å². The standard InChI is InChI=1S/C22H23Cl2N3O2/c23-17-5-3-15(11-18(17)24)22(8-1-9-22)13-26-16-4-6-19-14(10-16)2-7-21(29)27(19)12-20(25)28/h3-6,10-11,26H,1-2,7-9,12-13H2,(H2,25,28). The minimum atomic E-state index is -0.512. The lowest BCUT2D eigenvalue weighted by atomic mass is 9.64. The van der Waals surface area contributed by atoms with Crippen LogP contribution in [0.5, 0.6) is 0 Å². The van der Waals surface area contributed by atoms with Gasteiger partial charge in [-0.25, -0.2) is 0 Å². The van der Waals surface area contributed by atoms with Crippen molar-refractivity contribution in [3.05, 3.63) is 57.6 Å². The van der Waals surface area contributed by atoms with E-state index in [-0.39, 0.29) is 17.9 Å². The Kier molecular flexibility index (Phi) is 5.45. The van der Waals surface area contributed by atoms with Gasteiger partial charge in [-0.3, -0.25) is 9.59 Å². The van der Waals surface area contributed by atoms with E-state index in [1.54, 1.807) is 0 Å². The number of nitrogens with one attached hydrogen (secondary N) is 1. The van der Waals surface area contributed by atoms with Gasteiger partial charge in [-0.15, -0.1) is 0 Å². The molecule has 1 fully saturated rings. The van der Waals surface area contributed by atoms with Crippen molar-refractivity contribution >= 4 is 46.4 Å². The molecule has 2 amide bonds. The molecule has 1 aliphatic heterocycles. The number of hydrogen-bond donors (Lipinski definition) is 2. The van der Waals surface area contributed by atoms with Crippen LogP contribution in [-0.2, 0) is 21.4 Å². The fourth-order valence-corrected chi connectivity index (χ4v) is 4.57. The molecule has 1 heterocycles. The summed E-state index contributed by atoms with van der Waals surface area (Å²) in [6, 6.07) is 11.8. The number of hydrogen-bond acceptors (Lipinski definition) is 3. The second-order valence-electron chi connectivity index (χ2n) is 7.91. The highest BCUT2D eigenvalue weighted by molar-refractivity contribution is 6.42. The molecule has 0 unspecified atom stereocenters. The van der Waals surface area contributed by atoms with E-state index in [9.17, 15) is 9.59 Å². The fourth-order valence-electron chi connectivity index (χ4n) is 4.27. The molecule has 0 saturated heterocycles. The van der Waals surface area contributed by atoms with Gasteiger partial charge in [0.1, 0.15) is 6.54 Å². The van der Waals surface area contributed by atoms with E-state index >= 15 is 0 Å². The summed E-state index contributed by atoms with van der Waals surface area (Å²) in [6.45, 7) is 0.715. The number of nitrogens with two attached hydrogens (primary N) is 1. The van der Waals surface area contributed by atoms with E-state index in [1.165, 1.54) is 16.9 Å². The van der Waals surface area contributed by atoms with Crippen LogP contribution in [-0.4, -0.2) is 24.9 Å². The normalized spacial score (nSPS) is 17.4. The van der Waals surface area contributed by atoms with Gasteiger partial charge >= 0.3 is 0 Å². The second-order valence-corrected chi connectivity index (χ2v) is 8.72. The van der Waals surface area contributed by atoms with Crippen molar-refractivity contribution in [2.75, 3.05) is 23.3 Å². The Morgan fingerprint density at radius 2 is 1.90 bits per heavy atom. The van der Waals surface area contributed by atoms with E-state index in [1.807, 2.05) is 24.3 Å². The first-order chi connectivity index (χ1) is 13.9. The number of carbonyl (C=O) groups excluding carboxylic acids is 2. The molecule has 0 radical (unpaired) electrons. The zero-order chi connectivity index (χ0) is 20.6. The lowest BCUT2D eigenvalue weighted by molar-refractivity contribution is -0.122. The SMILES string of the molecule is NC(=O)CN1C(=O)CCc2cc(NCC3(c4ccc(Cl)c(Cl)c4)CCC3)ccc21. The molecule has 5 nitrogen and oxygen atoms in total. The largest absolute Gasteiger partial charge is 0.384 e.